The lowest BCUT2D eigenvalue weighted by molar-refractivity contribution is -0.123. The molecule has 0 aliphatic heterocycles. The molecule has 1 unspecified atom stereocenters. The molecule has 0 radical (unpaired) electrons. The third kappa shape index (κ3) is 3.67. The SMILES string of the molecule is O=C(CC(O)c1ccc(Cl)cc1)NCc1ccnc2ccnn12. The fourth-order valence-corrected chi connectivity index (χ4v) is 2.39. The first kappa shape index (κ1) is 15.5. The molecule has 0 saturated carbocycles. The van der Waals surface area contributed by atoms with E-state index in [0.29, 0.717) is 17.1 Å². The summed E-state index contributed by atoms with van der Waals surface area (Å²) in [6, 6.07) is 10.4. The van der Waals surface area contributed by atoms with Crippen LogP contribution in [0.15, 0.2) is 48.8 Å². The van der Waals surface area contributed by atoms with Crippen LogP contribution in [0.5, 0.6) is 0 Å². The van der Waals surface area contributed by atoms with Gasteiger partial charge in [-0.3, -0.25) is 4.79 Å². The van der Waals surface area contributed by atoms with E-state index in [1.165, 1.54) is 0 Å². The first-order valence-electron chi connectivity index (χ1n) is 7.11. The maximum absolute atomic E-state index is 12.0. The number of carbonyl (C=O) groups is 1. The summed E-state index contributed by atoms with van der Waals surface area (Å²) < 4.78 is 1.66. The molecule has 0 fully saturated rings. The minimum Gasteiger partial charge on any atom is -0.388 e. The minimum absolute atomic E-state index is 0.0189. The highest BCUT2D eigenvalue weighted by atomic mass is 35.5. The third-order valence-corrected chi connectivity index (χ3v) is 3.72. The first-order chi connectivity index (χ1) is 11.1. The van der Waals surface area contributed by atoms with Crippen molar-refractivity contribution >= 4 is 23.2 Å². The summed E-state index contributed by atoms with van der Waals surface area (Å²) >= 11 is 5.80. The molecule has 3 rings (SSSR count). The summed E-state index contributed by atoms with van der Waals surface area (Å²) in [7, 11) is 0. The van der Waals surface area contributed by atoms with Crippen molar-refractivity contribution in [3.63, 3.8) is 0 Å². The molecule has 6 nitrogen and oxygen atoms in total. The molecule has 23 heavy (non-hydrogen) atoms. The number of hydrogen-bond acceptors (Lipinski definition) is 4. The maximum Gasteiger partial charge on any atom is 0.223 e. The van der Waals surface area contributed by atoms with Crippen molar-refractivity contribution in [1.29, 1.82) is 0 Å². The quantitative estimate of drug-likeness (QED) is 0.751. The average Bonchev–Trinajstić information content (AvgIpc) is 3.02. The highest BCUT2D eigenvalue weighted by Crippen LogP contribution is 2.19. The van der Waals surface area contributed by atoms with E-state index in [2.05, 4.69) is 15.4 Å². The van der Waals surface area contributed by atoms with Gasteiger partial charge < -0.3 is 10.4 Å². The number of halogens is 1. The van der Waals surface area contributed by atoms with Crippen LogP contribution in [0.1, 0.15) is 23.8 Å². The highest BCUT2D eigenvalue weighted by Gasteiger charge is 2.13. The Balaban J connectivity index is 1.59. The topological polar surface area (TPSA) is 79.5 Å². The molecule has 0 spiro atoms. The molecule has 2 N–H and O–H groups in total. The molecule has 2 heterocycles. The van der Waals surface area contributed by atoms with Crippen LogP contribution in [0, 0.1) is 0 Å². The predicted molar refractivity (Wildman–Crippen MR) is 85.9 cm³/mol. The number of hydrogen-bond donors (Lipinski definition) is 2. The largest absolute Gasteiger partial charge is 0.388 e. The van der Waals surface area contributed by atoms with Gasteiger partial charge in [0, 0.05) is 17.3 Å². The van der Waals surface area contributed by atoms with E-state index >= 15 is 0 Å². The molecule has 1 aromatic carbocycles. The van der Waals surface area contributed by atoms with Gasteiger partial charge in [0.15, 0.2) is 5.65 Å². The van der Waals surface area contributed by atoms with Gasteiger partial charge in [0.05, 0.1) is 31.0 Å². The minimum atomic E-state index is -0.866. The van der Waals surface area contributed by atoms with Gasteiger partial charge >= 0.3 is 0 Å². The molecule has 0 bridgehead atoms. The number of nitrogens with zero attached hydrogens (tertiary/aromatic N) is 3. The zero-order chi connectivity index (χ0) is 16.2. The van der Waals surface area contributed by atoms with Gasteiger partial charge in [0.25, 0.3) is 0 Å². The second-order valence-corrected chi connectivity index (χ2v) is 5.52. The maximum atomic E-state index is 12.0. The Morgan fingerprint density at radius 2 is 2.00 bits per heavy atom. The number of nitrogens with one attached hydrogen (secondary N) is 1. The summed E-state index contributed by atoms with van der Waals surface area (Å²) in [6.45, 7) is 0.312. The van der Waals surface area contributed by atoms with E-state index in [-0.39, 0.29) is 12.3 Å². The van der Waals surface area contributed by atoms with Gasteiger partial charge in [-0.15, -0.1) is 0 Å². The van der Waals surface area contributed by atoms with Crippen molar-refractivity contribution in [3.8, 4) is 0 Å². The Hall–Kier alpha value is -2.44. The monoisotopic (exact) mass is 330 g/mol. The van der Waals surface area contributed by atoms with E-state index < -0.39 is 6.10 Å². The van der Waals surface area contributed by atoms with Crippen LogP contribution in [0.25, 0.3) is 5.65 Å². The highest BCUT2D eigenvalue weighted by molar-refractivity contribution is 6.30. The first-order valence-corrected chi connectivity index (χ1v) is 7.49. The Morgan fingerprint density at radius 3 is 2.78 bits per heavy atom. The van der Waals surface area contributed by atoms with Crippen molar-refractivity contribution in [3.05, 3.63) is 65.1 Å². The summed E-state index contributed by atoms with van der Waals surface area (Å²) in [5, 5.41) is 17.6. The standard InChI is InChI=1S/C16H15ClN4O2/c17-12-3-1-11(2-4-12)14(22)9-16(23)19-10-13-5-7-18-15-6-8-20-21(13)15/h1-8,14,22H,9-10H2,(H,19,23). The van der Waals surface area contributed by atoms with E-state index in [9.17, 15) is 9.90 Å². The lowest BCUT2D eigenvalue weighted by Gasteiger charge is -2.12. The number of fused-ring (bicyclic) bond motifs is 1. The molecular formula is C16H15ClN4O2. The van der Waals surface area contributed by atoms with Crippen LogP contribution >= 0.6 is 11.6 Å². The number of aliphatic hydroxyl groups is 1. The molecule has 7 heteroatoms. The lowest BCUT2D eigenvalue weighted by Crippen LogP contribution is -2.25. The number of amides is 1. The van der Waals surface area contributed by atoms with Gasteiger partial charge in [-0.25, -0.2) is 9.50 Å². The van der Waals surface area contributed by atoms with Crippen molar-refractivity contribution in [1.82, 2.24) is 19.9 Å². The lowest BCUT2D eigenvalue weighted by atomic mass is 10.1. The third-order valence-electron chi connectivity index (χ3n) is 3.47. The Labute approximate surface area is 137 Å². The molecule has 0 aliphatic carbocycles. The summed E-state index contributed by atoms with van der Waals surface area (Å²) in [4.78, 5) is 16.2. The summed E-state index contributed by atoms with van der Waals surface area (Å²) in [6.07, 6.45) is 2.43. The molecule has 2 aromatic heterocycles. The zero-order valence-corrected chi connectivity index (χ0v) is 12.9. The van der Waals surface area contributed by atoms with Crippen molar-refractivity contribution in [2.45, 2.75) is 19.1 Å². The van der Waals surface area contributed by atoms with E-state index in [0.717, 1.165) is 11.3 Å². The normalized spacial score (nSPS) is 12.3. The van der Waals surface area contributed by atoms with Gasteiger partial charge in [-0.05, 0) is 23.8 Å². The van der Waals surface area contributed by atoms with Crippen LogP contribution < -0.4 is 5.32 Å². The second kappa shape index (κ2) is 6.76. The molecule has 1 amide bonds. The summed E-state index contributed by atoms with van der Waals surface area (Å²) in [5.41, 5.74) is 2.19. The van der Waals surface area contributed by atoms with Gasteiger partial charge in [-0.1, -0.05) is 23.7 Å². The zero-order valence-electron chi connectivity index (χ0n) is 12.2. The predicted octanol–water partition coefficient (Wildman–Crippen LogP) is 2.12. The second-order valence-electron chi connectivity index (χ2n) is 5.09. The van der Waals surface area contributed by atoms with Gasteiger partial charge in [0.2, 0.25) is 5.91 Å². The van der Waals surface area contributed by atoms with E-state index in [1.54, 1.807) is 53.3 Å². The summed E-state index contributed by atoms with van der Waals surface area (Å²) in [5.74, 6) is -0.246. The molecule has 1 atom stereocenters. The average molecular weight is 331 g/mol. The number of rotatable bonds is 5. The Bertz CT molecular complexity index is 816. The fourth-order valence-electron chi connectivity index (χ4n) is 2.26. The Morgan fingerprint density at radius 1 is 1.22 bits per heavy atom. The Kier molecular flexibility index (Phi) is 4.55. The van der Waals surface area contributed by atoms with Crippen LogP contribution in [0.4, 0.5) is 0 Å². The van der Waals surface area contributed by atoms with Crippen molar-refractivity contribution in [2.75, 3.05) is 0 Å². The van der Waals surface area contributed by atoms with Gasteiger partial charge in [0.1, 0.15) is 0 Å². The number of aliphatic hydroxyl groups excluding tert-OH is 1. The molecule has 0 saturated heterocycles. The molecule has 0 aliphatic rings. The molecule has 118 valence electrons. The van der Waals surface area contributed by atoms with E-state index in [4.69, 9.17) is 11.6 Å². The fraction of sp³-hybridized carbons (Fsp3) is 0.188. The van der Waals surface area contributed by atoms with Crippen LogP contribution in [0.2, 0.25) is 5.02 Å². The number of benzene rings is 1. The van der Waals surface area contributed by atoms with E-state index in [1.807, 2.05) is 0 Å². The van der Waals surface area contributed by atoms with Crippen LogP contribution in [-0.2, 0) is 11.3 Å². The van der Waals surface area contributed by atoms with Crippen molar-refractivity contribution < 1.29 is 9.90 Å². The molecular weight excluding hydrogens is 316 g/mol. The number of carbonyl (C=O) groups excluding carboxylic acids is 1. The van der Waals surface area contributed by atoms with Crippen LogP contribution in [0.3, 0.4) is 0 Å². The molecule has 3 aromatic rings. The van der Waals surface area contributed by atoms with Crippen LogP contribution in [-0.4, -0.2) is 25.6 Å². The van der Waals surface area contributed by atoms with Gasteiger partial charge in [-0.2, -0.15) is 5.10 Å². The smallest absolute Gasteiger partial charge is 0.223 e. The van der Waals surface area contributed by atoms with Crippen molar-refractivity contribution in [2.24, 2.45) is 0 Å². The number of aromatic nitrogens is 3.